The Morgan fingerprint density at radius 1 is 1.10 bits per heavy atom. The Labute approximate surface area is 173 Å². The van der Waals surface area contributed by atoms with Crippen LogP contribution in [0.5, 0.6) is 5.88 Å². The summed E-state index contributed by atoms with van der Waals surface area (Å²) in [6.45, 7) is 0.748. The molecule has 148 valence electrons. The van der Waals surface area contributed by atoms with E-state index in [0.717, 1.165) is 25.8 Å². The van der Waals surface area contributed by atoms with Crippen LogP contribution in [0.15, 0.2) is 55.0 Å². The van der Waals surface area contributed by atoms with Gasteiger partial charge in [-0.3, -0.25) is 4.79 Å². The van der Waals surface area contributed by atoms with Crippen molar-refractivity contribution in [3.63, 3.8) is 0 Å². The first-order valence-electron chi connectivity index (χ1n) is 9.74. The van der Waals surface area contributed by atoms with Gasteiger partial charge in [0.25, 0.3) is 5.91 Å². The minimum absolute atomic E-state index is 0.00929. The van der Waals surface area contributed by atoms with Crippen molar-refractivity contribution in [2.75, 3.05) is 6.54 Å². The largest absolute Gasteiger partial charge is 0.472 e. The van der Waals surface area contributed by atoms with E-state index >= 15 is 0 Å². The normalized spacial score (nSPS) is 23.2. The summed E-state index contributed by atoms with van der Waals surface area (Å²) in [5, 5.41) is 8.96. The number of halogens is 1. The summed E-state index contributed by atoms with van der Waals surface area (Å²) in [6.07, 6.45) is 7.69. The van der Waals surface area contributed by atoms with Crippen molar-refractivity contribution in [3.05, 3.63) is 65.6 Å². The van der Waals surface area contributed by atoms with Crippen LogP contribution in [0, 0.1) is 5.92 Å². The summed E-state index contributed by atoms with van der Waals surface area (Å²) in [5.74, 6) is 0.960. The zero-order chi connectivity index (χ0) is 19.8. The van der Waals surface area contributed by atoms with Crippen LogP contribution in [0.3, 0.4) is 0 Å². The lowest BCUT2D eigenvalue weighted by Gasteiger charge is -2.49. The summed E-state index contributed by atoms with van der Waals surface area (Å²) >= 11 is 5.92. The monoisotopic (exact) mass is 409 g/mol. The van der Waals surface area contributed by atoms with Crippen LogP contribution in [0.1, 0.15) is 29.6 Å². The molecule has 0 spiro atoms. The number of hydrogen-bond donors (Lipinski definition) is 0. The third kappa shape index (κ3) is 3.46. The maximum atomic E-state index is 13.5. The van der Waals surface area contributed by atoms with E-state index in [4.69, 9.17) is 16.3 Å². The van der Waals surface area contributed by atoms with E-state index in [1.807, 2.05) is 29.2 Å². The van der Waals surface area contributed by atoms with Gasteiger partial charge in [0, 0.05) is 18.8 Å². The van der Waals surface area contributed by atoms with E-state index in [1.165, 1.54) is 4.80 Å². The lowest BCUT2D eigenvalue weighted by Crippen LogP contribution is -2.59. The van der Waals surface area contributed by atoms with E-state index < -0.39 is 0 Å². The molecule has 2 bridgehead atoms. The van der Waals surface area contributed by atoms with E-state index in [0.29, 0.717) is 28.1 Å². The lowest BCUT2D eigenvalue weighted by molar-refractivity contribution is -0.0313. The van der Waals surface area contributed by atoms with Crippen molar-refractivity contribution in [1.82, 2.24) is 24.9 Å². The van der Waals surface area contributed by atoms with Crippen LogP contribution in [-0.2, 0) is 0 Å². The zero-order valence-corrected chi connectivity index (χ0v) is 16.4. The molecule has 3 fully saturated rings. The van der Waals surface area contributed by atoms with Crippen molar-refractivity contribution in [3.8, 4) is 11.6 Å². The third-order valence-corrected chi connectivity index (χ3v) is 5.95. The van der Waals surface area contributed by atoms with Gasteiger partial charge in [-0.25, -0.2) is 4.98 Å². The molecule has 3 atom stereocenters. The molecule has 0 N–H and O–H groups in total. The number of benzene rings is 1. The lowest BCUT2D eigenvalue weighted by atomic mass is 9.77. The minimum atomic E-state index is -0.0740. The molecule has 1 aliphatic carbocycles. The number of aromatic nitrogens is 4. The maximum absolute atomic E-state index is 13.5. The van der Waals surface area contributed by atoms with Gasteiger partial charge in [0.2, 0.25) is 5.88 Å². The molecular weight excluding hydrogens is 390 g/mol. The fraction of sp³-hybridized carbons (Fsp3) is 0.333. The van der Waals surface area contributed by atoms with Gasteiger partial charge in [0.05, 0.1) is 34.7 Å². The zero-order valence-electron chi connectivity index (χ0n) is 15.7. The second-order valence-electron chi connectivity index (χ2n) is 7.51. The average Bonchev–Trinajstić information content (AvgIpc) is 3.30. The fourth-order valence-corrected chi connectivity index (χ4v) is 4.51. The van der Waals surface area contributed by atoms with E-state index in [1.54, 1.807) is 30.7 Å². The number of carbonyl (C=O) groups is 1. The molecule has 2 aromatic heterocycles. The molecule has 3 aromatic rings. The Kier molecular flexibility index (Phi) is 4.67. The Balaban J connectivity index is 1.41. The Morgan fingerprint density at radius 3 is 2.69 bits per heavy atom. The van der Waals surface area contributed by atoms with Crippen LogP contribution < -0.4 is 4.74 Å². The number of rotatable bonds is 4. The molecule has 3 aliphatic rings. The third-order valence-electron chi connectivity index (χ3n) is 5.72. The maximum Gasteiger partial charge on any atom is 0.256 e. The molecule has 8 heteroatoms. The van der Waals surface area contributed by atoms with E-state index in [9.17, 15) is 4.79 Å². The molecule has 6 rings (SSSR count). The van der Waals surface area contributed by atoms with Crippen molar-refractivity contribution in [1.29, 1.82) is 0 Å². The quantitative estimate of drug-likeness (QED) is 0.660. The smallest absolute Gasteiger partial charge is 0.256 e. The number of hydrogen-bond acceptors (Lipinski definition) is 5. The first kappa shape index (κ1) is 18.1. The highest BCUT2D eigenvalue weighted by Gasteiger charge is 2.44. The Bertz CT molecular complexity index is 1010. The van der Waals surface area contributed by atoms with E-state index in [-0.39, 0.29) is 18.1 Å². The van der Waals surface area contributed by atoms with Gasteiger partial charge in [-0.05, 0) is 43.4 Å². The fourth-order valence-electron chi connectivity index (χ4n) is 4.40. The SMILES string of the molecule is O=C(c1ccccc1-n1nccn1)N1CC2CC[C@H]1[C@H](Oc1ccc(Cl)cn1)C2. The number of para-hydroxylation sites is 1. The molecule has 4 heterocycles. The molecule has 1 unspecified atom stereocenters. The molecular formula is C21H20ClN5O2. The van der Waals surface area contributed by atoms with Crippen molar-refractivity contribution < 1.29 is 9.53 Å². The molecule has 7 nitrogen and oxygen atoms in total. The highest BCUT2D eigenvalue weighted by atomic mass is 35.5. The minimum Gasteiger partial charge on any atom is -0.472 e. The number of piperidine rings is 2. The van der Waals surface area contributed by atoms with E-state index in [2.05, 4.69) is 15.2 Å². The van der Waals surface area contributed by atoms with Gasteiger partial charge in [0.15, 0.2) is 0 Å². The van der Waals surface area contributed by atoms with Crippen LogP contribution in [-0.4, -0.2) is 49.5 Å². The van der Waals surface area contributed by atoms with Crippen LogP contribution in [0.4, 0.5) is 0 Å². The summed E-state index contributed by atoms with van der Waals surface area (Å²) in [7, 11) is 0. The van der Waals surface area contributed by atoms with Crippen LogP contribution >= 0.6 is 11.6 Å². The number of carbonyl (C=O) groups excluding carboxylic acids is 1. The van der Waals surface area contributed by atoms with Crippen LogP contribution in [0.25, 0.3) is 5.69 Å². The highest BCUT2D eigenvalue weighted by Crippen LogP contribution is 2.38. The highest BCUT2D eigenvalue weighted by molar-refractivity contribution is 6.30. The molecule has 1 saturated carbocycles. The van der Waals surface area contributed by atoms with Gasteiger partial charge in [-0.2, -0.15) is 15.0 Å². The molecule has 2 saturated heterocycles. The van der Waals surface area contributed by atoms with Crippen molar-refractivity contribution in [2.45, 2.75) is 31.4 Å². The van der Waals surface area contributed by atoms with Gasteiger partial charge in [-0.15, -0.1) is 0 Å². The number of ether oxygens (including phenoxy) is 1. The number of pyridine rings is 1. The summed E-state index contributed by atoms with van der Waals surface area (Å²) in [5.41, 5.74) is 1.28. The average molecular weight is 410 g/mol. The standard InChI is InChI=1S/C21H20ClN5O2/c22-15-6-8-20(23-12-15)29-19-11-14-5-7-18(19)26(13-14)21(28)16-3-1-2-4-17(16)27-24-9-10-25-27/h1-4,6,8-10,12,14,18-19H,5,7,11,13H2/t14?,18-,19+/m0/s1. The second-order valence-corrected chi connectivity index (χ2v) is 7.95. The van der Waals surface area contributed by atoms with Crippen molar-refractivity contribution >= 4 is 17.5 Å². The second kappa shape index (κ2) is 7.48. The number of amides is 1. The number of fused-ring (bicyclic) bond motifs is 3. The Morgan fingerprint density at radius 2 is 1.93 bits per heavy atom. The summed E-state index contributed by atoms with van der Waals surface area (Å²) in [4.78, 5) is 21.2. The first-order chi connectivity index (χ1) is 14.2. The summed E-state index contributed by atoms with van der Waals surface area (Å²) in [6, 6.07) is 11.0. The number of nitrogens with zero attached hydrogens (tertiary/aromatic N) is 5. The molecule has 1 aromatic carbocycles. The molecule has 1 amide bonds. The van der Waals surface area contributed by atoms with Crippen LogP contribution in [0.2, 0.25) is 5.02 Å². The first-order valence-corrected chi connectivity index (χ1v) is 10.1. The predicted octanol–water partition coefficient (Wildman–Crippen LogP) is 3.39. The molecule has 0 radical (unpaired) electrons. The van der Waals surface area contributed by atoms with Crippen molar-refractivity contribution in [2.24, 2.45) is 5.92 Å². The Hall–Kier alpha value is -2.93. The molecule has 29 heavy (non-hydrogen) atoms. The van der Waals surface area contributed by atoms with Gasteiger partial charge in [-0.1, -0.05) is 23.7 Å². The van der Waals surface area contributed by atoms with Gasteiger partial charge >= 0.3 is 0 Å². The molecule has 2 aliphatic heterocycles. The van der Waals surface area contributed by atoms with Gasteiger partial charge < -0.3 is 9.64 Å². The van der Waals surface area contributed by atoms with Gasteiger partial charge in [0.1, 0.15) is 6.10 Å². The topological polar surface area (TPSA) is 73.1 Å². The summed E-state index contributed by atoms with van der Waals surface area (Å²) < 4.78 is 6.17. The predicted molar refractivity (Wildman–Crippen MR) is 107 cm³/mol.